The van der Waals surface area contributed by atoms with E-state index in [9.17, 15) is 4.79 Å². The molecule has 0 N–H and O–H groups in total. The van der Waals surface area contributed by atoms with Gasteiger partial charge in [-0.15, -0.1) is 0 Å². The maximum absolute atomic E-state index is 11.4. The van der Waals surface area contributed by atoms with Crippen molar-refractivity contribution >= 4 is 27.5 Å². The molecule has 0 atom stereocenters. The summed E-state index contributed by atoms with van der Waals surface area (Å²) in [4.78, 5) is 11.4. The van der Waals surface area contributed by atoms with Gasteiger partial charge in [0.05, 0.1) is 6.61 Å². The predicted octanol–water partition coefficient (Wildman–Crippen LogP) is 3.91. The number of rotatable bonds is 1. The Kier molecular flexibility index (Phi) is 3.57. The average molecular weight is 274 g/mol. The summed E-state index contributed by atoms with van der Waals surface area (Å²) in [5.41, 5.74) is 0.845. The predicted molar refractivity (Wildman–Crippen MR) is 85.0 cm³/mol. The van der Waals surface area contributed by atoms with Gasteiger partial charge >= 0.3 is 5.97 Å². The van der Waals surface area contributed by atoms with Gasteiger partial charge in [0.15, 0.2) is 0 Å². The minimum absolute atomic E-state index is 0.339. The SMILES string of the molecule is CCOC(=O)C#Cc1cc2ccccc2c2ccccc12. The second-order valence-electron chi connectivity index (χ2n) is 4.66. The highest BCUT2D eigenvalue weighted by Gasteiger charge is 2.04. The molecule has 0 bridgehead atoms. The zero-order chi connectivity index (χ0) is 14.7. The Morgan fingerprint density at radius 1 is 1.00 bits per heavy atom. The van der Waals surface area contributed by atoms with E-state index in [1.54, 1.807) is 6.92 Å². The van der Waals surface area contributed by atoms with Crippen LogP contribution in [0.5, 0.6) is 0 Å². The Bertz CT molecular complexity index is 882. The lowest BCUT2D eigenvalue weighted by molar-refractivity contribution is -0.136. The van der Waals surface area contributed by atoms with Crippen molar-refractivity contribution in [3.8, 4) is 11.8 Å². The molecule has 102 valence electrons. The highest BCUT2D eigenvalue weighted by Crippen LogP contribution is 2.28. The number of ether oxygens (including phenoxy) is 1. The topological polar surface area (TPSA) is 26.3 Å². The summed E-state index contributed by atoms with van der Waals surface area (Å²) in [5, 5.41) is 4.50. The van der Waals surface area contributed by atoms with Crippen LogP contribution in [0, 0.1) is 11.8 Å². The summed E-state index contributed by atoms with van der Waals surface area (Å²) in [6.07, 6.45) is 0. The zero-order valence-corrected chi connectivity index (χ0v) is 11.7. The molecule has 2 heteroatoms. The number of carbonyl (C=O) groups is 1. The highest BCUT2D eigenvalue weighted by atomic mass is 16.5. The molecular weight excluding hydrogens is 260 g/mol. The summed E-state index contributed by atoms with van der Waals surface area (Å²) in [5.74, 6) is 4.99. The summed E-state index contributed by atoms with van der Waals surface area (Å²) < 4.78 is 4.85. The molecule has 0 aliphatic heterocycles. The van der Waals surface area contributed by atoms with Gasteiger partial charge in [-0.3, -0.25) is 0 Å². The van der Waals surface area contributed by atoms with Gasteiger partial charge in [-0.2, -0.15) is 0 Å². The zero-order valence-electron chi connectivity index (χ0n) is 11.7. The first kappa shape index (κ1) is 13.2. The monoisotopic (exact) mass is 274 g/mol. The fraction of sp³-hybridized carbons (Fsp3) is 0.105. The minimum Gasteiger partial charge on any atom is -0.456 e. The van der Waals surface area contributed by atoms with E-state index in [0.29, 0.717) is 6.61 Å². The van der Waals surface area contributed by atoms with Crippen LogP contribution in [0.3, 0.4) is 0 Å². The molecule has 0 heterocycles. The van der Waals surface area contributed by atoms with Crippen molar-refractivity contribution in [1.82, 2.24) is 0 Å². The standard InChI is InChI=1S/C19H14O2/c1-2-21-19(20)12-11-15-13-14-7-3-4-8-16(14)18-10-6-5-9-17(15)18/h3-10,13H,2H2,1H3. The maximum atomic E-state index is 11.4. The van der Waals surface area contributed by atoms with E-state index in [1.807, 2.05) is 36.4 Å². The third kappa shape index (κ3) is 2.59. The minimum atomic E-state index is -0.491. The largest absolute Gasteiger partial charge is 0.456 e. The summed E-state index contributed by atoms with van der Waals surface area (Å²) in [6.45, 7) is 2.11. The molecule has 3 aromatic rings. The summed E-state index contributed by atoms with van der Waals surface area (Å²) in [6, 6.07) is 18.3. The van der Waals surface area contributed by atoms with Crippen molar-refractivity contribution < 1.29 is 9.53 Å². The molecule has 2 nitrogen and oxygen atoms in total. The van der Waals surface area contributed by atoms with E-state index in [0.717, 1.165) is 21.7 Å². The van der Waals surface area contributed by atoms with Crippen molar-refractivity contribution in [3.63, 3.8) is 0 Å². The van der Waals surface area contributed by atoms with Gasteiger partial charge < -0.3 is 4.74 Å². The molecule has 0 aliphatic rings. The van der Waals surface area contributed by atoms with Crippen LogP contribution in [0.2, 0.25) is 0 Å². The van der Waals surface area contributed by atoms with Crippen LogP contribution >= 0.6 is 0 Å². The smallest absolute Gasteiger partial charge is 0.384 e. The first-order valence-electron chi connectivity index (χ1n) is 6.89. The van der Waals surface area contributed by atoms with Crippen LogP contribution < -0.4 is 0 Å². The molecule has 0 saturated heterocycles. The van der Waals surface area contributed by atoms with Crippen LogP contribution in [-0.2, 0) is 9.53 Å². The van der Waals surface area contributed by atoms with Gasteiger partial charge in [0.25, 0.3) is 0 Å². The second-order valence-corrected chi connectivity index (χ2v) is 4.66. The quantitative estimate of drug-likeness (QED) is 0.382. The van der Waals surface area contributed by atoms with Crippen molar-refractivity contribution in [1.29, 1.82) is 0 Å². The Morgan fingerprint density at radius 2 is 1.67 bits per heavy atom. The van der Waals surface area contributed by atoms with Gasteiger partial charge in [0, 0.05) is 11.5 Å². The number of benzene rings is 3. The fourth-order valence-corrected chi connectivity index (χ4v) is 2.44. The lowest BCUT2D eigenvalue weighted by Crippen LogP contribution is -1.99. The number of hydrogen-bond acceptors (Lipinski definition) is 2. The summed E-state index contributed by atoms with van der Waals surface area (Å²) in [7, 11) is 0. The van der Waals surface area contributed by atoms with Gasteiger partial charge in [-0.1, -0.05) is 54.5 Å². The first-order chi connectivity index (χ1) is 10.3. The molecule has 0 fully saturated rings. The molecule has 0 saturated carbocycles. The lowest BCUT2D eigenvalue weighted by atomic mass is 9.97. The third-order valence-corrected chi connectivity index (χ3v) is 3.34. The van der Waals surface area contributed by atoms with E-state index < -0.39 is 5.97 Å². The molecular formula is C19H14O2. The Morgan fingerprint density at radius 3 is 2.43 bits per heavy atom. The Balaban J connectivity index is 2.23. The molecule has 21 heavy (non-hydrogen) atoms. The van der Waals surface area contributed by atoms with Crippen molar-refractivity contribution in [3.05, 3.63) is 60.2 Å². The molecule has 3 rings (SSSR count). The maximum Gasteiger partial charge on any atom is 0.384 e. The van der Waals surface area contributed by atoms with Gasteiger partial charge in [-0.05, 0) is 34.5 Å². The van der Waals surface area contributed by atoms with Gasteiger partial charge in [0.2, 0.25) is 0 Å². The lowest BCUT2D eigenvalue weighted by Gasteiger charge is -2.06. The second kappa shape index (κ2) is 5.68. The molecule has 0 aliphatic carbocycles. The number of carbonyl (C=O) groups excluding carboxylic acids is 1. The first-order valence-corrected chi connectivity index (χ1v) is 6.89. The van der Waals surface area contributed by atoms with E-state index in [4.69, 9.17) is 4.74 Å². The van der Waals surface area contributed by atoms with Gasteiger partial charge in [0.1, 0.15) is 0 Å². The van der Waals surface area contributed by atoms with Crippen molar-refractivity contribution in [2.45, 2.75) is 6.92 Å². The Hall–Kier alpha value is -2.79. The molecule has 0 amide bonds. The van der Waals surface area contributed by atoms with E-state index in [2.05, 4.69) is 30.0 Å². The van der Waals surface area contributed by atoms with Crippen LogP contribution in [0.4, 0.5) is 0 Å². The number of hydrogen-bond donors (Lipinski definition) is 0. The van der Waals surface area contributed by atoms with E-state index in [-0.39, 0.29) is 0 Å². The fourth-order valence-electron chi connectivity index (χ4n) is 2.44. The molecule has 0 aromatic heterocycles. The molecule has 0 unspecified atom stereocenters. The van der Waals surface area contributed by atoms with Crippen molar-refractivity contribution in [2.24, 2.45) is 0 Å². The molecule has 0 radical (unpaired) electrons. The number of esters is 1. The Labute approximate surface area is 123 Å². The van der Waals surface area contributed by atoms with Crippen LogP contribution in [0.15, 0.2) is 54.6 Å². The van der Waals surface area contributed by atoms with Crippen LogP contribution in [0.25, 0.3) is 21.5 Å². The normalized spacial score (nSPS) is 10.1. The van der Waals surface area contributed by atoms with E-state index in [1.165, 1.54) is 5.39 Å². The average Bonchev–Trinajstić information content (AvgIpc) is 2.53. The van der Waals surface area contributed by atoms with E-state index >= 15 is 0 Å². The van der Waals surface area contributed by atoms with Crippen LogP contribution in [-0.4, -0.2) is 12.6 Å². The highest BCUT2D eigenvalue weighted by molar-refractivity contribution is 6.10. The molecule has 3 aromatic carbocycles. The summed E-state index contributed by atoms with van der Waals surface area (Å²) >= 11 is 0. The molecule has 0 spiro atoms. The number of fused-ring (bicyclic) bond motifs is 3. The van der Waals surface area contributed by atoms with Crippen LogP contribution in [0.1, 0.15) is 12.5 Å². The van der Waals surface area contributed by atoms with Gasteiger partial charge in [-0.25, -0.2) is 4.79 Å². The third-order valence-electron chi connectivity index (χ3n) is 3.34. The van der Waals surface area contributed by atoms with Crippen molar-refractivity contribution in [2.75, 3.05) is 6.61 Å².